The first-order valence-electron chi connectivity index (χ1n) is 20.5. The maximum Gasteiger partial charge on any atom is 0.0946 e. The van der Waals surface area contributed by atoms with E-state index >= 15 is 0 Å². The van der Waals surface area contributed by atoms with Crippen LogP contribution in [0.25, 0.3) is 0 Å². The lowest BCUT2D eigenvalue weighted by atomic mass is 9.87. The van der Waals surface area contributed by atoms with E-state index in [4.69, 9.17) is 0 Å². The lowest BCUT2D eigenvalue weighted by molar-refractivity contribution is 0.401. The molecule has 1 aliphatic heterocycles. The maximum absolute atomic E-state index is 4.31. The fourth-order valence-electron chi connectivity index (χ4n) is 6.37. The Bertz CT molecular complexity index is 1630. The van der Waals surface area contributed by atoms with Gasteiger partial charge in [0.2, 0.25) is 0 Å². The number of hydrogen-bond donors (Lipinski definition) is 0. The van der Waals surface area contributed by atoms with Gasteiger partial charge in [-0.05, 0) is 103 Å². The standard InChI is InChI=1S/C11H19N.C11H18.2C9H16N2.C9H15N.CH4/c1-9-6-10(12(5)8-9)7-11(2,3)4;1-9-5-6-10(7-9)8-11(2,3)4;1-9(2,3)5-8-6-11(4)7-10-8;1-9(2,3)7-8-5-6-11(4)10-8;1-9(2,3)6-8-4-5-10-7-8;/h6,8H,7H2,1-5H3;5,7H,6,8H2,1-4H3;6-7H,5H2,1-4H3;5-6H,7H2,1-4H3;4,7H,5-6H2,1-3H3;1H4. The van der Waals surface area contributed by atoms with E-state index in [1.165, 1.54) is 46.6 Å². The Morgan fingerprint density at radius 1 is 0.643 bits per heavy atom. The lowest BCUT2D eigenvalue weighted by Crippen LogP contribution is -2.11. The molecule has 0 unspecified atom stereocenters. The summed E-state index contributed by atoms with van der Waals surface area (Å²) in [6.07, 6.45) is 23.7. The molecular formula is C50H88N6. The predicted molar refractivity (Wildman–Crippen MR) is 249 cm³/mol. The van der Waals surface area contributed by atoms with Crippen molar-refractivity contribution in [2.24, 2.45) is 53.2 Å². The number of allylic oxidation sites excluding steroid dienone is 5. The molecular weight excluding hydrogens is 685 g/mol. The minimum Gasteiger partial charge on any atom is -0.354 e. The highest BCUT2D eigenvalue weighted by Crippen LogP contribution is 2.30. The van der Waals surface area contributed by atoms with Gasteiger partial charge in [-0.25, -0.2) is 4.98 Å². The van der Waals surface area contributed by atoms with Crippen molar-refractivity contribution in [3.8, 4) is 0 Å². The molecule has 0 spiro atoms. The zero-order chi connectivity index (χ0) is 42.4. The van der Waals surface area contributed by atoms with Gasteiger partial charge in [0.05, 0.1) is 24.3 Å². The minimum absolute atomic E-state index is 0. The number of rotatable bonds is 5. The Morgan fingerprint density at radius 2 is 1.18 bits per heavy atom. The quantitative estimate of drug-likeness (QED) is 0.259. The van der Waals surface area contributed by atoms with Crippen LogP contribution in [0.5, 0.6) is 0 Å². The first kappa shape index (κ1) is 52.6. The number of aliphatic imine (C=N–C) groups is 1. The molecule has 0 saturated carbocycles. The molecule has 6 nitrogen and oxygen atoms in total. The summed E-state index contributed by atoms with van der Waals surface area (Å²) < 4.78 is 6.06. The third-order valence-corrected chi connectivity index (χ3v) is 8.23. The molecule has 318 valence electrons. The van der Waals surface area contributed by atoms with Crippen LogP contribution >= 0.6 is 0 Å². The molecule has 0 N–H and O–H groups in total. The van der Waals surface area contributed by atoms with Crippen LogP contribution in [-0.2, 0) is 40.4 Å². The molecule has 3 aromatic heterocycles. The summed E-state index contributed by atoms with van der Waals surface area (Å²) in [6.45, 7) is 39.0. The SMILES string of the molecule is C.CC(C)(C)CC1=CCN=C1.CC1=CCC(CC(C)(C)C)=C1.Cc1cc(CC(C)(C)C)n(C)c1.Cn1ccc(CC(C)(C)C)n1.Cn1cnc(CC(C)(C)C)c1. The third kappa shape index (κ3) is 27.2. The molecule has 6 heteroatoms. The zero-order valence-electron chi connectivity index (χ0n) is 39.4. The normalized spacial score (nSPS) is 14.0. The Hall–Kier alpha value is -3.41. The van der Waals surface area contributed by atoms with E-state index in [2.05, 4.69) is 187 Å². The van der Waals surface area contributed by atoms with Crippen LogP contribution < -0.4 is 0 Å². The number of nitrogens with zero attached hydrogens (tertiary/aromatic N) is 6. The molecule has 0 aromatic carbocycles. The molecule has 4 heterocycles. The van der Waals surface area contributed by atoms with E-state index < -0.39 is 0 Å². The topological polar surface area (TPSA) is 52.9 Å². The molecule has 0 amide bonds. The van der Waals surface area contributed by atoms with Crippen molar-refractivity contribution in [3.63, 3.8) is 0 Å². The monoisotopic (exact) mass is 773 g/mol. The molecule has 0 fully saturated rings. The van der Waals surface area contributed by atoms with Crippen molar-refractivity contribution in [3.05, 3.63) is 94.6 Å². The van der Waals surface area contributed by atoms with E-state index in [1.54, 1.807) is 5.57 Å². The smallest absolute Gasteiger partial charge is 0.0946 e. The zero-order valence-corrected chi connectivity index (χ0v) is 39.4. The largest absolute Gasteiger partial charge is 0.354 e. The van der Waals surface area contributed by atoms with E-state index in [1.807, 2.05) is 42.1 Å². The van der Waals surface area contributed by atoms with Gasteiger partial charge in [-0.15, -0.1) is 0 Å². The van der Waals surface area contributed by atoms with Crippen molar-refractivity contribution >= 4 is 6.21 Å². The summed E-state index contributed by atoms with van der Waals surface area (Å²) in [6, 6.07) is 4.34. The predicted octanol–water partition coefficient (Wildman–Crippen LogP) is 13.7. The van der Waals surface area contributed by atoms with Crippen molar-refractivity contribution in [2.75, 3.05) is 6.54 Å². The van der Waals surface area contributed by atoms with Gasteiger partial charge in [0, 0.05) is 51.6 Å². The van der Waals surface area contributed by atoms with E-state index in [9.17, 15) is 0 Å². The van der Waals surface area contributed by atoms with E-state index in [0.29, 0.717) is 27.1 Å². The van der Waals surface area contributed by atoms with Crippen molar-refractivity contribution < 1.29 is 0 Å². The van der Waals surface area contributed by atoms with Crippen molar-refractivity contribution in [2.45, 2.75) is 164 Å². The van der Waals surface area contributed by atoms with Gasteiger partial charge < -0.3 is 9.13 Å². The summed E-state index contributed by atoms with van der Waals surface area (Å²) in [5.41, 5.74) is 11.5. The van der Waals surface area contributed by atoms with Crippen LogP contribution in [0.2, 0.25) is 0 Å². The highest BCUT2D eigenvalue weighted by atomic mass is 15.2. The molecule has 1 aliphatic carbocycles. The maximum atomic E-state index is 4.31. The Balaban J connectivity index is 0.000000673. The van der Waals surface area contributed by atoms with Crippen LogP contribution in [0.1, 0.15) is 160 Å². The van der Waals surface area contributed by atoms with E-state index in [0.717, 1.165) is 32.2 Å². The number of imidazole rings is 1. The molecule has 0 bridgehead atoms. The summed E-state index contributed by atoms with van der Waals surface area (Å²) in [7, 11) is 6.07. The van der Waals surface area contributed by atoms with E-state index in [-0.39, 0.29) is 7.43 Å². The molecule has 0 atom stereocenters. The highest BCUT2D eigenvalue weighted by Gasteiger charge is 2.16. The second-order valence-electron chi connectivity index (χ2n) is 22.0. The van der Waals surface area contributed by atoms with Gasteiger partial charge in [0.15, 0.2) is 0 Å². The van der Waals surface area contributed by atoms with Gasteiger partial charge in [-0.2, -0.15) is 5.10 Å². The molecule has 2 aliphatic rings. The van der Waals surface area contributed by atoms with Gasteiger partial charge in [-0.1, -0.05) is 141 Å². The second kappa shape index (κ2) is 22.5. The molecule has 3 aromatic rings. The van der Waals surface area contributed by atoms with Crippen LogP contribution in [0.15, 0.2) is 77.0 Å². The summed E-state index contributed by atoms with van der Waals surface area (Å²) in [5.74, 6) is 0. The van der Waals surface area contributed by atoms with Gasteiger partial charge in [-0.3, -0.25) is 9.67 Å². The highest BCUT2D eigenvalue weighted by molar-refractivity contribution is 5.80. The Morgan fingerprint density at radius 3 is 1.54 bits per heavy atom. The first-order chi connectivity index (χ1) is 24.9. The lowest BCUT2D eigenvalue weighted by Gasteiger charge is -2.18. The molecule has 0 saturated heterocycles. The summed E-state index contributed by atoms with van der Waals surface area (Å²) >= 11 is 0. The van der Waals surface area contributed by atoms with Crippen molar-refractivity contribution in [1.82, 2.24) is 23.9 Å². The van der Waals surface area contributed by atoms with Crippen LogP contribution in [0, 0.1) is 34.0 Å². The average molecular weight is 773 g/mol. The summed E-state index contributed by atoms with van der Waals surface area (Å²) in [4.78, 5) is 8.40. The third-order valence-electron chi connectivity index (χ3n) is 8.23. The average Bonchev–Trinajstić information content (AvgIpc) is 3.80. The Labute approximate surface area is 347 Å². The van der Waals surface area contributed by atoms with Gasteiger partial charge in [0.25, 0.3) is 0 Å². The molecule has 0 radical (unpaired) electrons. The molecule has 56 heavy (non-hydrogen) atoms. The van der Waals surface area contributed by atoms with Crippen LogP contribution in [0.4, 0.5) is 0 Å². The van der Waals surface area contributed by atoms with Crippen LogP contribution in [-0.4, -0.2) is 36.7 Å². The van der Waals surface area contributed by atoms with Gasteiger partial charge >= 0.3 is 0 Å². The number of hydrogen-bond acceptors (Lipinski definition) is 3. The number of aryl methyl sites for hydroxylation is 4. The summed E-state index contributed by atoms with van der Waals surface area (Å²) in [5, 5.41) is 4.31. The number of aromatic nitrogens is 5. The Kier molecular flexibility index (Phi) is 21.1. The van der Waals surface area contributed by atoms with Crippen LogP contribution in [0.3, 0.4) is 0 Å². The molecule has 5 rings (SSSR count). The first-order valence-corrected chi connectivity index (χ1v) is 20.5. The second-order valence-corrected chi connectivity index (χ2v) is 22.0. The fraction of sp³-hybridized carbons (Fsp3) is 0.660. The minimum atomic E-state index is 0. The fourth-order valence-corrected chi connectivity index (χ4v) is 6.37. The van der Waals surface area contributed by atoms with Crippen molar-refractivity contribution in [1.29, 1.82) is 0 Å². The van der Waals surface area contributed by atoms with Gasteiger partial charge in [0.1, 0.15) is 0 Å².